The van der Waals surface area contributed by atoms with Gasteiger partial charge < -0.3 is 20.5 Å². The number of carboxylic acid groups (broad SMARTS) is 1. The van der Waals surface area contributed by atoms with Gasteiger partial charge in [0.15, 0.2) is 0 Å². The number of fused-ring (bicyclic) bond motifs is 1. The van der Waals surface area contributed by atoms with Crippen molar-refractivity contribution in [1.82, 2.24) is 4.98 Å². The van der Waals surface area contributed by atoms with Gasteiger partial charge in [0.1, 0.15) is 0 Å². The largest absolute Gasteiger partial charge is 0.478 e. The van der Waals surface area contributed by atoms with E-state index in [1.807, 2.05) is 48.7 Å². The van der Waals surface area contributed by atoms with Gasteiger partial charge in [-0.25, -0.2) is 4.79 Å². The second-order valence-corrected chi connectivity index (χ2v) is 6.43. The third-order valence-corrected chi connectivity index (χ3v) is 4.71. The van der Waals surface area contributed by atoms with E-state index in [0.717, 1.165) is 16.7 Å². The minimum atomic E-state index is -0.978. The molecule has 2 aromatic carbocycles. The van der Waals surface area contributed by atoms with Crippen molar-refractivity contribution in [3.8, 4) is 11.1 Å². The van der Waals surface area contributed by atoms with Crippen molar-refractivity contribution in [2.45, 2.75) is 12.3 Å². The van der Waals surface area contributed by atoms with Crippen LogP contribution in [0.2, 0.25) is 0 Å². The lowest BCUT2D eigenvalue weighted by Crippen LogP contribution is -2.46. The van der Waals surface area contributed by atoms with Crippen LogP contribution in [0.15, 0.2) is 67.0 Å². The quantitative estimate of drug-likeness (QED) is 0.641. The molecule has 3 aromatic rings. The zero-order chi connectivity index (χ0) is 18.9. The fourth-order valence-corrected chi connectivity index (χ4v) is 3.32. The summed E-state index contributed by atoms with van der Waals surface area (Å²) in [4.78, 5) is 15.6. The summed E-state index contributed by atoms with van der Waals surface area (Å²) >= 11 is 0. The second-order valence-electron chi connectivity index (χ2n) is 6.43. The molecule has 1 unspecified atom stereocenters. The molecule has 0 fully saturated rings. The molecule has 0 aliphatic carbocycles. The Morgan fingerprint density at radius 3 is 2.56 bits per heavy atom. The number of carboxylic acids is 1. The zero-order valence-electron chi connectivity index (χ0n) is 14.8. The van der Waals surface area contributed by atoms with Gasteiger partial charge in [-0.3, -0.25) is 4.98 Å². The summed E-state index contributed by atoms with van der Waals surface area (Å²) < 4.78 is 5.71. The predicted octanol–water partition coefficient (Wildman–Crippen LogP) is 3.83. The van der Waals surface area contributed by atoms with Crippen LogP contribution in [0.5, 0.6) is 0 Å². The Kier molecular flexibility index (Phi) is 4.25. The first kappa shape index (κ1) is 17.1. The summed E-state index contributed by atoms with van der Waals surface area (Å²) in [5.74, 6) is -1.88. The van der Waals surface area contributed by atoms with Crippen LogP contribution in [0.3, 0.4) is 0 Å². The number of methoxy groups -OCH3 is 1. The summed E-state index contributed by atoms with van der Waals surface area (Å²) in [7, 11) is 1.59. The number of para-hydroxylation sites is 1. The van der Waals surface area contributed by atoms with E-state index in [4.69, 9.17) is 4.74 Å². The summed E-state index contributed by atoms with van der Waals surface area (Å²) in [5.41, 5.74) is 4.66. The van der Waals surface area contributed by atoms with E-state index in [2.05, 4.69) is 15.6 Å². The molecule has 0 amide bonds. The molecule has 6 heteroatoms. The van der Waals surface area contributed by atoms with E-state index in [9.17, 15) is 9.90 Å². The highest BCUT2D eigenvalue weighted by molar-refractivity contribution is 5.99. The lowest BCUT2D eigenvalue weighted by molar-refractivity contribution is 0.0438. The monoisotopic (exact) mass is 361 g/mol. The number of anilines is 2. The molecule has 4 rings (SSSR count). The minimum absolute atomic E-state index is 0.214. The van der Waals surface area contributed by atoms with Gasteiger partial charge in [-0.05, 0) is 34.9 Å². The Morgan fingerprint density at radius 2 is 1.89 bits per heavy atom. The number of hydrogen-bond donors (Lipinski definition) is 3. The normalized spacial score (nSPS) is 17.7. The number of carbonyl (C=O) groups is 1. The fourth-order valence-electron chi connectivity index (χ4n) is 3.32. The van der Waals surface area contributed by atoms with E-state index in [1.54, 1.807) is 25.4 Å². The van der Waals surface area contributed by atoms with E-state index in [-0.39, 0.29) is 5.56 Å². The summed E-state index contributed by atoms with van der Waals surface area (Å²) in [6.45, 7) is 0. The first-order valence-corrected chi connectivity index (χ1v) is 8.57. The van der Waals surface area contributed by atoms with Crippen LogP contribution < -0.4 is 10.6 Å². The van der Waals surface area contributed by atoms with Crippen LogP contribution in [0.25, 0.3) is 11.1 Å². The molecule has 0 bridgehead atoms. The van der Waals surface area contributed by atoms with E-state index in [1.165, 1.54) is 0 Å². The lowest BCUT2D eigenvalue weighted by Gasteiger charge is -2.29. The lowest BCUT2D eigenvalue weighted by atomic mass is 10.0. The maximum absolute atomic E-state index is 11.5. The Bertz CT molecular complexity index is 974. The smallest absolute Gasteiger partial charge is 0.337 e. The minimum Gasteiger partial charge on any atom is -0.478 e. The van der Waals surface area contributed by atoms with Crippen LogP contribution in [0.4, 0.5) is 11.4 Å². The Labute approximate surface area is 156 Å². The van der Waals surface area contributed by atoms with Gasteiger partial charge in [0.2, 0.25) is 5.85 Å². The predicted molar refractivity (Wildman–Crippen MR) is 104 cm³/mol. The van der Waals surface area contributed by atoms with Crippen molar-refractivity contribution in [3.05, 3.63) is 78.1 Å². The molecule has 0 saturated heterocycles. The molecule has 3 N–H and O–H groups in total. The van der Waals surface area contributed by atoms with Gasteiger partial charge in [0, 0.05) is 25.9 Å². The molecule has 2 heterocycles. The van der Waals surface area contributed by atoms with Gasteiger partial charge in [-0.15, -0.1) is 0 Å². The standard InChI is InChI=1S/C21H19N3O3/c1-27-21(23-18-6-2-5-17(20(25)26)19(18)24-21)12-14-7-9-15(10-8-14)16-4-3-11-22-13-16/h2-11,13,23-24H,12H2,1H3,(H,25,26). The highest BCUT2D eigenvalue weighted by Crippen LogP contribution is 2.38. The number of ether oxygens (including phenoxy) is 1. The van der Waals surface area contributed by atoms with Crippen LogP contribution in [0, 0.1) is 0 Å². The van der Waals surface area contributed by atoms with Gasteiger partial charge in [0.05, 0.1) is 16.9 Å². The number of nitrogens with zero attached hydrogens (tertiary/aromatic N) is 1. The molecule has 6 nitrogen and oxygen atoms in total. The first-order chi connectivity index (χ1) is 13.1. The van der Waals surface area contributed by atoms with Crippen molar-refractivity contribution >= 4 is 17.3 Å². The number of pyridine rings is 1. The molecule has 1 aromatic heterocycles. The molecular formula is C21H19N3O3. The number of nitrogens with one attached hydrogen (secondary N) is 2. The van der Waals surface area contributed by atoms with Crippen molar-refractivity contribution in [2.24, 2.45) is 0 Å². The molecule has 1 atom stereocenters. The van der Waals surface area contributed by atoms with Gasteiger partial charge in [-0.1, -0.05) is 36.4 Å². The first-order valence-electron chi connectivity index (χ1n) is 8.57. The number of aromatic nitrogens is 1. The maximum Gasteiger partial charge on any atom is 0.337 e. The average molecular weight is 361 g/mol. The second kappa shape index (κ2) is 6.74. The zero-order valence-corrected chi connectivity index (χ0v) is 14.8. The Balaban J connectivity index is 1.58. The SMILES string of the molecule is COC1(Cc2ccc(-c3cccnc3)cc2)Nc2cccc(C(=O)O)c2N1. The average Bonchev–Trinajstić information content (AvgIpc) is 3.07. The molecule has 0 spiro atoms. The number of benzene rings is 2. The molecule has 27 heavy (non-hydrogen) atoms. The van der Waals surface area contributed by atoms with Crippen molar-refractivity contribution in [2.75, 3.05) is 17.7 Å². The number of rotatable bonds is 5. The molecule has 0 radical (unpaired) electrons. The summed E-state index contributed by atoms with van der Waals surface area (Å²) in [6.07, 6.45) is 4.10. The highest BCUT2D eigenvalue weighted by Gasteiger charge is 2.38. The molecule has 136 valence electrons. The van der Waals surface area contributed by atoms with E-state index in [0.29, 0.717) is 17.8 Å². The third-order valence-electron chi connectivity index (χ3n) is 4.71. The third kappa shape index (κ3) is 3.22. The van der Waals surface area contributed by atoms with Crippen LogP contribution in [-0.2, 0) is 11.2 Å². The Morgan fingerprint density at radius 1 is 1.07 bits per heavy atom. The number of aromatic carboxylic acids is 1. The number of hydrogen-bond acceptors (Lipinski definition) is 5. The molecular weight excluding hydrogens is 342 g/mol. The van der Waals surface area contributed by atoms with E-state index >= 15 is 0 Å². The van der Waals surface area contributed by atoms with Gasteiger partial charge in [-0.2, -0.15) is 0 Å². The van der Waals surface area contributed by atoms with Gasteiger partial charge in [0.25, 0.3) is 0 Å². The Hall–Kier alpha value is -3.38. The fraction of sp³-hybridized carbons (Fsp3) is 0.143. The van der Waals surface area contributed by atoms with Gasteiger partial charge >= 0.3 is 5.97 Å². The van der Waals surface area contributed by atoms with E-state index < -0.39 is 11.8 Å². The summed E-state index contributed by atoms with van der Waals surface area (Å²) in [6, 6.07) is 17.2. The van der Waals surface area contributed by atoms with Crippen LogP contribution in [0.1, 0.15) is 15.9 Å². The molecule has 1 aliphatic rings. The highest BCUT2D eigenvalue weighted by atomic mass is 16.5. The van der Waals surface area contributed by atoms with Crippen molar-refractivity contribution in [3.63, 3.8) is 0 Å². The van der Waals surface area contributed by atoms with Crippen LogP contribution in [-0.4, -0.2) is 29.0 Å². The molecule has 1 aliphatic heterocycles. The molecule has 0 saturated carbocycles. The maximum atomic E-state index is 11.5. The van der Waals surface area contributed by atoms with Crippen LogP contribution >= 0.6 is 0 Å². The van der Waals surface area contributed by atoms with Crippen molar-refractivity contribution in [1.29, 1.82) is 0 Å². The van der Waals surface area contributed by atoms with Crippen molar-refractivity contribution < 1.29 is 14.6 Å². The topological polar surface area (TPSA) is 83.5 Å². The summed E-state index contributed by atoms with van der Waals surface area (Å²) in [5, 5.41) is 15.9.